The molecule has 7 heteroatoms. The topological polar surface area (TPSA) is 93.8 Å². The van der Waals surface area contributed by atoms with E-state index in [9.17, 15) is 14.9 Å². The maximum atomic E-state index is 12.3. The Balaban J connectivity index is 1.83. The number of nitro benzene ring substituents is 1. The number of hydrazone groups is 1. The number of nitrogens with one attached hydrogen (secondary N) is 1. The van der Waals surface area contributed by atoms with E-state index in [0.717, 1.165) is 22.4 Å². The average molecular weight is 349 g/mol. The van der Waals surface area contributed by atoms with Crippen LogP contribution in [0.3, 0.4) is 0 Å². The van der Waals surface area contributed by atoms with Gasteiger partial charge in [-0.2, -0.15) is 5.10 Å². The zero-order valence-electron chi connectivity index (χ0n) is 13.9. The number of methoxy groups -OCH3 is 1. The number of nitrogens with zero attached hydrogens (tertiary/aromatic N) is 2. The maximum Gasteiger partial charge on any atom is 0.275 e. The second-order valence-corrected chi connectivity index (χ2v) is 5.41. The fourth-order valence-corrected chi connectivity index (χ4v) is 2.57. The highest BCUT2D eigenvalue weighted by Gasteiger charge is 2.17. The molecule has 3 rings (SSSR count). The lowest BCUT2D eigenvalue weighted by molar-refractivity contribution is -0.384. The van der Waals surface area contributed by atoms with Gasteiger partial charge in [0, 0.05) is 17.7 Å². The van der Waals surface area contributed by atoms with Crippen LogP contribution in [0.25, 0.3) is 10.8 Å². The SMILES string of the molecule is COc1ccc([N+](=O)[O-])cc1C(=O)N/N=C\c1cccc2ccccc12. The molecular formula is C19H15N3O4. The van der Waals surface area contributed by atoms with Crippen LogP contribution in [0, 0.1) is 10.1 Å². The Morgan fingerprint density at radius 2 is 1.92 bits per heavy atom. The summed E-state index contributed by atoms with van der Waals surface area (Å²) in [7, 11) is 1.39. The minimum atomic E-state index is -0.595. The molecule has 0 heterocycles. The average Bonchev–Trinajstić information content (AvgIpc) is 2.67. The summed E-state index contributed by atoms with van der Waals surface area (Å²) in [4.78, 5) is 22.7. The molecule has 0 aliphatic rings. The highest BCUT2D eigenvalue weighted by molar-refractivity contribution is 6.01. The molecule has 0 aliphatic carbocycles. The maximum absolute atomic E-state index is 12.3. The van der Waals surface area contributed by atoms with Gasteiger partial charge in [0.15, 0.2) is 0 Å². The molecule has 3 aromatic carbocycles. The summed E-state index contributed by atoms with van der Waals surface area (Å²) in [5.41, 5.74) is 3.06. The van der Waals surface area contributed by atoms with E-state index in [1.807, 2.05) is 42.5 Å². The van der Waals surface area contributed by atoms with Crippen LogP contribution >= 0.6 is 0 Å². The van der Waals surface area contributed by atoms with E-state index >= 15 is 0 Å². The second-order valence-electron chi connectivity index (χ2n) is 5.41. The third-order valence-corrected chi connectivity index (χ3v) is 3.83. The van der Waals surface area contributed by atoms with Gasteiger partial charge in [-0.25, -0.2) is 5.43 Å². The molecule has 0 fully saturated rings. The normalized spacial score (nSPS) is 10.8. The summed E-state index contributed by atoms with van der Waals surface area (Å²) in [6.07, 6.45) is 1.53. The van der Waals surface area contributed by atoms with Gasteiger partial charge in [0.25, 0.3) is 11.6 Å². The largest absolute Gasteiger partial charge is 0.496 e. The molecule has 0 spiro atoms. The van der Waals surface area contributed by atoms with Crippen molar-refractivity contribution in [2.24, 2.45) is 5.10 Å². The molecule has 0 bridgehead atoms. The van der Waals surface area contributed by atoms with Crippen LogP contribution in [0.1, 0.15) is 15.9 Å². The highest BCUT2D eigenvalue weighted by Crippen LogP contribution is 2.24. The van der Waals surface area contributed by atoms with Crippen molar-refractivity contribution in [3.05, 3.63) is 81.9 Å². The zero-order valence-corrected chi connectivity index (χ0v) is 13.9. The molecule has 0 radical (unpaired) electrons. The van der Waals surface area contributed by atoms with E-state index in [2.05, 4.69) is 10.5 Å². The summed E-state index contributed by atoms with van der Waals surface area (Å²) in [5, 5.41) is 16.9. The van der Waals surface area contributed by atoms with Gasteiger partial charge in [-0.05, 0) is 16.8 Å². The highest BCUT2D eigenvalue weighted by atomic mass is 16.6. The minimum Gasteiger partial charge on any atom is -0.496 e. The lowest BCUT2D eigenvalue weighted by Gasteiger charge is -2.06. The molecule has 1 N–H and O–H groups in total. The predicted octanol–water partition coefficient (Wildman–Crippen LogP) is 3.52. The molecule has 130 valence electrons. The Kier molecular flexibility index (Phi) is 4.89. The van der Waals surface area contributed by atoms with E-state index in [0.29, 0.717) is 0 Å². The van der Waals surface area contributed by atoms with E-state index in [4.69, 9.17) is 4.74 Å². The van der Waals surface area contributed by atoms with E-state index < -0.39 is 10.8 Å². The Morgan fingerprint density at radius 1 is 1.15 bits per heavy atom. The molecule has 1 amide bonds. The van der Waals surface area contributed by atoms with Crippen molar-refractivity contribution in [3.63, 3.8) is 0 Å². The molecule has 0 unspecified atom stereocenters. The Morgan fingerprint density at radius 3 is 2.69 bits per heavy atom. The summed E-state index contributed by atoms with van der Waals surface area (Å²) in [6, 6.07) is 17.4. The third-order valence-electron chi connectivity index (χ3n) is 3.83. The van der Waals surface area contributed by atoms with Gasteiger partial charge in [-0.15, -0.1) is 0 Å². The molecular weight excluding hydrogens is 334 g/mol. The van der Waals surface area contributed by atoms with Crippen molar-refractivity contribution in [2.45, 2.75) is 0 Å². The van der Waals surface area contributed by atoms with Gasteiger partial charge >= 0.3 is 0 Å². The summed E-state index contributed by atoms with van der Waals surface area (Å²) >= 11 is 0. The number of hydrogen-bond acceptors (Lipinski definition) is 5. The van der Waals surface area contributed by atoms with Crippen LogP contribution in [-0.2, 0) is 0 Å². The number of benzene rings is 3. The number of rotatable bonds is 5. The minimum absolute atomic E-state index is 0.0387. The van der Waals surface area contributed by atoms with Crippen molar-refractivity contribution in [1.29, 1.82) is 0 Å². The second kappa shape index (κ2) is 7.43. The number of ether oxygens (including phenoxy) is 1. The van der Waals surface area contributed by atoms with Crippen LogP contribution in [0.15, 0.2) is 65.8 Å². The standard InChI is InChI=1S/C19H15N3O4/c1-26-18-10-9-15(22(24)25)11-17(18)19(23)21-20-12-14-7-4-6-13-5-2-3-8-16(13)14/h2-12H,1H3,(H,21,23)/b20-12-. The lowest BCUT2D eigenvalue weighted by atomic mass is 10.1. The Hall–Kier alpha value is -3.74. The van der Waals surface area contributed by atoms with Crippen molar-refractivity contribution < 1.29 is 14.5 Å². The first-order valence-electron chi connectivity index (χ1n) is 7.74. The van der Waals surface area contributed by atoms with Crippen LogP contribution in [0.2, 0.25) is 0 Å². The first-order valence-corrected chi connectivity index (χ1v) is 7.74. The number of hydrogen-bond donors (Lipinski definition) is 1. The van der Waals surface area contributed by atoms with Crippen molar-refractivity contribution in [3.8, 4) is 5.75 Å². The molecule has 0 atom stereocenters. The fraction of sp³-hybridized carbons (Fsp3) is 0.0526. The first kappa shape index (κ1) is 17.1. The van der Waals surface area contributed by atoms with Gasteiger partial charge in [0.2, 0.25) is 0 Å². The van der Waals surface area contributed by atoms with Crippen LogP contribution in [0.4, 0.5) is 5.69 Å². The quantitative estimate of drug-likeness (QED) is 0.433. The number of nitro groups is 1. The van der Waals surface area contributed by atoms with E-state index in [-0.39, 0.29) is 17.0 Å². The number of non-ortho nitro benzene ring substituents is 1. The predicted molar refractivity (Wildman–Crippen MR) is 98.7 cm³/mol. The van der Waals surface area contributed by atoms with Gasteiger partial charge in [-0.1, -0.05) is 42.5 Å². The summed E-state index contributed by atoms with van der Waals surface area (Å²) < 4.78 is 5.09. The third kappa shape index (κ3) is 3.51. The van der Waals surface area contributed by atoms with E-state index in [1.54, 1.807) is 0 Å². The smallest absolute Gasteiger partial charge is 0.275 e. The number of fused-ring (bicyclic) bond motifs is 1. The van der Waals surface area contributed by atoms with Gasteiger partial charge < -0.3 is 4.74 Å². The van der Waals surface area contributed by atoms with Crippen molar-refractivity contribution in [1.82, 2.24) is 5.43 Å². The van der Waals surface area contributed by atoms with Gasteiger partial charge in [0.05, 0.1) is 23.8 Å². The molecule has 7 nitrogen and oxygen atoms in total. The fourth-order valence-electron chi connectivity index (χ4n) is 2.57. The Labute approximate surface area is 149 Å². The van der Waals surface area contributed by atoms with Crippen LogP contribution < -0.4 is 10.2 Å². The molecule has 3 aromatic rings. The van der Waals surface area contributed by atoms with Gasteiger partial charge in [-0.3, -0.25) is 14.9 Å². The van der Waals surface area contributed by atoms with Crippen molar-refractivity contribution >= 4 is 28.6 Å². The van der Waals surface area contributed by atoms with Crippen molar-refractivity contribution in [2.75, 3.05) is 7.11 Å². The first-order chi connectivity index (χ1) is 12.6. The molecule has 0 aromatic heterocycles. The summed E-state index contributed by atoms with van der Waals surface area (Å²) in [5.74, 6) is -0.365. The Bertz CT molecular complexity index is 1010. The molecule has 26 heavy (non-hydrogen) atoms. The summed E-state index contributed by atoms with van der Waals surface area (Å²) in [6.45, 7) is 0. The lowest BCUT2D eigenvalue weighted by Crippen LogP contribution is -2.18. The number of amides is 1. The van der Waals surface area contributed by atoms with Gasteiger partial charge in [0.1, 0.15) is 5.75 Å². The number of carbonyl (C=O) groups is 1. The molecule has 0 aliphatic heterocycles. The monoisotopic (exact) mass is 349 g/mol. The molecule has 0 saturated carbocycles. The number of carbonyl (C=O) groups excluding carboxylic acids is 1. The van der Waals surface area contributed by atoms with Crippen LogP contribution in [0.5, 0.6) is 5.75 Å². The van der Waals surface area contributed by atoms with E-state index in [1.165, 1.54) is 25.5 Å². The van der Waals surface area contributed by atoms with Crippen LogP contribution in [-0.4, -0.2) is 24.2 Å². The zero-order chi connectivity index (χ0) is 18.5. The molecule has 0 saturated heterocycles.